The van der Waals surface area contributed by atoms with Gasteiger partial charge < -0.3 is 5.11 Å². The lowest BCUT2D eigenvalue weighted by Crippen LogP contribution is -2.05. The van der Waals surface area contributed by atoms with Crippen LogP contribution in [0.1, 0.15) is 10.4 Å². The van der Waals surface area contributed by atoms with Crippen LogP contribution in [0.2, 0.25) is 0 Å². The predicted octanol–water partition coefficient (Wildman–Crippen LogP) is 2.40. The minimum absolute atomic E-state index is 0.0591. The zero-order valence-electron chi connectivity index (χ0n) is 9.92. The van der Waals surface area contributed by atoms with Gasteiger partial charge in [-0.05, 0) is 24.3 Å². The fourth-order valence-electron chi connectivity index (χ4n) is 1.97. The van der Waals surface area contributed by atoms with Gasteiger partial charge in [-0.3, -0.25) is 0 Å². The molecule has 1 heterocycles. The van der Waals surface area contributed by atoms with E-state index in [1.807, 2.05) is 0 Å². The summed E-state index contributed by atoms with van der Waals surface area (Å²) in [7, 11) is 0. The first-order valence-corrected chi connectivity index (χ1v) is 5.61. The van der Waals surface area contributed by atoms with Gasteiger partial charge in [0.25, 0.3) is 0 Å². The molecule has 0 radical (unpaired) electrons. The van der Waals surface area contributed by atoms with Gasteiger partial charge in [0.2, 0.25) is 0 Å². The van der Waals surface area contributed by atoms with Crippen molar-refractivity contribution >= 4 is 17.0 Å². The monoisotopic (exact) mass is 275 g/mol. The Kier molecular flexibility index (Phi) is 2.67. The molecule has 1 aromatic heterocycles. The van der Waals surface area contributed by atoms with Crippen LogP contribution >= 0.6 is 0 Å². The minimum Gasteiger partial charge on any atom is -0.478 e. The van der Waals surface area contributed by atoms with E-state index in [2.05, 4.69) is 10.3 Å². The molecular formula is C13H7F2N3O2. The molecule has 100 valence electrons. The molecular weight excluding hydrogens is 268 g/mol. The number of rotatable bonds is 2. The zero-order chi connectivity index (χ0) is 14.3. The van der Waals surface area contributed by atoms with Crippen LogP contribution in [0.4, 0.5) is 8.78 Å². The number of halogens is 2. The number of nitrogens with zero attached hydrogens (tertiary/aromatic N) is 3. The molecule has 0 spiro atoms. The van der Waals surface area contributed by atoms with Gasteiger partial charge in [-0.25, -0.2) is 18.3 Å². The Bertz CT molecular complexity index is 830. The highest BCUT2D eigenvalue weighted by Crippen LogP contribution is 2.22. The number of carboxylic acids is 1. The van der Waals surface area contributed by atoms with Crippen LogP contribution in [-0.4, -0.2) is 26.1 Å². The van der Waals surface area contributed by atoms with Crippen LogP contribution in [0, 0.1) is 11.6 Å². The van der Waals surface area contributed by atoms with Gasteiger partial charge in [0.1, 0.15) is 22.5 Å². The molecule has 7 heteroatoms. The van der Waals surface area contributed by atoms with E-state index in [9.17, 15) is 13.6 Å². The average molecular weight is 275 g/mol. The number of fused-ring (bicyclic) bond motifs is 1. The summed E-state index contributed by atoms with van der Waals surface area (Å²) < 4.78 is 27.8. The summed E-state index contributed by atoms with van der Waals surface area (Å²) in [6, 6.07) is 7.39. The van der Waals surface area contributed by atoms with Gasteiger partial charge in [-0.2, -0.15) is 0 Å². The fraction of sp³-hybridized carbons (Fsp3) is 0. The number of hydrogen-bond acceptors (Lipinski definition) is 3. The van der Waals surface area contributed by atoms with E-state index >= 15 is 0 Å². The second-order valence-corrected chi connectivity index (χ2v) is 4.08. The largest absolute Gasteiger partial charge is 0.478 e. The topological polar surface area (TPSA) is 68.0 Å². The van der Waals surface area contributed by atoms with Crippen LogP contribution in [0.15, 0.2) is 36.4 Å². The van der Waals surface area contributed by atoms with E-state index in [0.717, 1.165) is 10.7 Å². The van der Waals surface area contributed by atoms with Gasteiger partial charge in [-0.1, -0.05) is 11.3 Å². The van der Waals surface area contributed by atoms with E-state index in [1.54, 1.807) is 6.07 Å². The summed E-state index contributed by atoms with van der Waals surface area (Å²) in [6.07, 6.45) is 0. The normalized spacial score (nSPS) is 10.9. The van der Waals surface area contributed by atoms with Gasteiger partial charge in [0.05, 0.1) is 5.56 Å². The molecule has 0 saturated carbocycles. The maximum Gasteiger partial charge on any atom is 0.337 e. The molecule has 3 rings (SSSR count). The molecule has 3 aromatic rings. The van der Waals surface area contributed by atoms with Crippen molar-refractivity contribution in [1.82, 2.24) is 15.0 Å². The van der Waals surface area contributed by atoms with Crippen molar-refractivity contribution in [2.24, 2.45) is 0 Å². The summed E-state index contributed by atoms with van der Waals surface area (Å²) in [5, 5.41) is 16.7. The molecule has 0 saturated heterocycles. The van der Waals surface area contributed by atoms with Gasteiger partial charge in [-0.15, -0.1) is 5.10 Å². The summed E-state index contributed by atoms with van der Waals surface area (Å²) in [5.74, 6) is -2.76. The molecule has 0 aliphatic carbocycles. The van der Waals surface area contributed by atoms with Gasteiger partial charge >= 0.3 is 5.97 Å². The lowest BCUT2D eigenvalue weighted by atomic mass is 10.2. The highest BCUT2D eigenvalue weighted by atomic mass is 19.1. The summed E-state index contributed by atoms with van der Waals surface area (Å²) in [6.45, 7) is 0. The van der Waals surface area contributed by atoms with Gasteiger partial charge in [0, 0.05) is 6.07 Å². The van der Waals surface area contributed by atoms with E-state index in [1.165, 1.54) is 18.2 Å². The van der Waals surface area contributed by atoms with Crippen molar-refractivity contribution in [2.45, 2.75) is 0 Å². The Morgan fingerprint density at radius 2 is 2.00 bits per heavy atom. The molecule has 0 aliphatic rings. The average Bonchev–Trinajstić information content (AvgIpc) is 2.82. The summed E-state index contributed by atoms with van der Waals surface area (Å²) in [4.78, 5) is 11.2. The summed E-state index contributed by atoms with van der Waals surface area (Å²) in [5.41, 5.74) is 0.345. The third kappa shape index (κ3) is 1.80. The molecule has 0 aliphatic heterocycles. The van der Waals surface area contributed by atoms with Crippen molar-refractivity contribution < 1.29 is 18.7 Å². The number of carboxylic acid groups (broad SMARTS) is 1. The van der Waals surface area contributed by atoms with Crippen molar-refractivity contribution in [3.63, 3.8) is 0 Å². The van der Waals surface area contributed by atoms with E-state index in [-0.39, 0.29) is 16.8 Å². The third-order valence-electron chi connectivity index (χ3n) is 2.84. The van der Waals surface area contributed by atoms with Crippen molar-refractivity contribution in [3.05, 3.63) is 53.6 Å². The number of aromatic nitrogens is 3. The van der Waals surface area contributed by atoms with Crippen molar-refractivity contribution in [2.75, 3.05) is 0 Å². The quantitative estimate of drug-likeness (QED) is 0.779. The number of hydrogen-bond donors (Lipinski definition) is 1. The number of aromatic carboxylic acids is 1. The van der Waals surface area contributed by atoms with Crippen LogP contribution in [-0.2, 0) is 0 Å². The Labute approximate surface area is 111 Å². The van der Waals surface area contributed by atoms with Crippen LogP contribution < -0.4 is 0 Å². The van der Waals surface area contributed by atoms with Gasteiger partial charge in [0.15, 0.2) is 5.82 Å². The first kappa shape index (κ1) is 12.2. The molecule has 0 fully saturated rings. The van der Waals surface area contributed by atoms with Crippen molar-refractivity contribution in [3.8, 4) is 5.69 Å². The third-order valence-corrected chi connectivity index (χ3v) is 2.84. The van der Waals surface area contributed by atoms with E-state index in [0.29, 0.717) is 11.6 Å². The first-order chi connectivity index (χ1) is 9.58. The molecule has 20 heavy (non-hydrogen) atoms. The van der Waals surface area contributed by atoms with E-state index in [4.69, 9.17) is 5.11 Å². The van der Waals surface area contributed by atoms with E-state index < -0.39 is 17.6 Å². The predicted molar refractivity (Wildman–Crippen MR) is 65.7 cm³/mol. The lowest BCUT2D eigenvalue weighted by Gasteiger charge is -2.05. The van der Waals surface area contributed by atoms with Crippen LogP contribution in [0.3, 0.4) is 0 Å². The number of carbonyl (C=O) groups is 1. The maximum atomic E-state index is 13.8. The van der Waals surface area contributed by atoms with Crippen LogP contribution in [0.25, 0.3) is 16.7 Å². The zero-order valence-corrected chi connectivity index (χ0v) is 9.92. The first-order valence-electron chi connectivity index (χ1n) is 5.61. The highest BCUT2D eigenvalue weighted by molar-refractivity contribution is 6.01. The lowest BCUT2D eigenvalue weighted by molar-refractivity contribution is 0.0698. The van der Waals surface area contributed by atoms with Crippen LogP contribution in [0.5, 0.6) is 0 Å². The minimum atomic E-state index is -1.18. The molecule has 5 nitrogen and oxygen atoms in total. The molecule has 0 amide bonds. The molecule has 0 bridgehead atoms. The highest BCUT2D eigenvalue weighted by Gasteiger charge is 2.17. The SMILES string of the molecule is O=C(O)c1cccc2nnn(-c3ccc(F)cc3F)c12. The molecule has 0 atom stereocenters. The number of benzene rings is 2. The number of para-hydroxylation sites is 1. The molecule has 1 N–H and O–H groups in total. The molecule has 2 aromatic carbocycles. The Morgan fingerprint density at radius 1 is 1.20 bits per heavy atom. The fourth-order valence-corrected chi connectivity index (χ4v) is 1.97. The standard InChI is InChI=1S/C13H7F2N3O2/c14-7-4-5-11(9(15)6-7)18-12-8(13(19)20)2-1-3-10(12)16-17-18/h1-6H,(H,19,20). The Balaban J connectivity index is 2.34. The maximum absolute atomic E-state index is 13.8. The second-order valence-electron chi connectivity index (χ2n) is 4.08. The smallest absolute Gasteiger partial charge is 0.337 e. The summed E-state index contributed by atoms with van der Waals surface area (Å²) >= 11 is 0. The Hall–Kier alpha value is -2.83. The Morgan fingerprint density at radius 3 is 2.70 bits per heavy atom. The second kappa shape index (κ2) is 4.37. The molecule has 0 unspecified atom stereocenters. The van der Waals surface area contributed by atoms with Crippen molar-refractivity contribution in [1.29, 1.82) is 0 Å².